The fourth-order valence-electron chi connectivity index (χ4n) is 5.10. The molecule has 3 aromatic heterocycles. The highest BCUT2D eigenvalue weighted by Gasteiger charge is 2.27. The van der Waals surface area contributed by atoms with Crippen molar-refractivity contribution in [3.05, 3.63) is 66.5 Å². The van der Waals surface area contributed by atoms with Crippen molar-refractivity contribution in [2.75, 3.05) is 38.6 Å². The van der Waals surface area contributed by atoms with Gasteiger partial charge in [-0.3, -0.25) is 4.57 Å². The highest BCUT2D eigenvalue weighted by molar-refractivity contribution is 5.71. The van der Waals surface area contributed by atoms with Gasteiger partial charge in [0.2, 0.25) is 0 Å². The molecule has 0 spiro atoms. The average Bonchev–Trinajstić information content (AvgIpc) is 3.53. The third kappa shape index (κ3) is 3.60. The van der Waals surface area contributed by atoms with Gasteiger partial charge in [-0.1, -0.05) is 12.1 Å². The molecule has 5 heterocycles. The largest absolute Gasteiger partial charge is 0.356 e. The Hall–Kier alpha value is -3.52. The van der Waals surface area contributed by atoms with E-state index in [0.717, 1.165) is 53.8 Å². The van der Waals surface area contributed by atoms with E-state index in [9.17, 15) is 4.39 Å². The van der Waals surface area contributed by atoms with Gasteiger partial charge >= 0.3 is 0 Å². The van der Waals surface area contributed by atoms with E-state index in [0.29, 0.717) is 12.5 Å². The molecule has 0 radical (unpaired) electrons. The molecule has 168 valence electrons. The molecule has 0 amide bonds. The minimum Gasteiger partial charge on any atom is -0.356 e. The summed E-state index contributed by atoms with van der Waals surface area (Å²) in [5.74, 6) is 2.24. The molecule has 1 saturated heterocycles. The van der Waals surface area contributed by atoms with Crippen molar-refractivity contribution >= 4 is 5.82 Å². The van der Waals surface area contributed by atoms with Crippen molar-refractivity contribution in [1.29, 1.82) is 0 Å². The molecule has 0 bridgehead atoms. The van der Waals surface area contributed by atoms with E-state index in [4.69, 9.17) is 4.98 Å². The normalized spacial score (nSPS) is 17.1. The minimum absolute atomic E-state index is 0.233. The Labute approximate surface area is 192 Å². The van der Waals surface area contributed by atoms with Gasteiger partial charge in [0.25, 0.3) is 0 Å². The molecule has 2 aliphatic heterocycles. The summed E-state index contributed by atoms with van der Waals surface area (Å²) in [5, 5.41) is 8.59. The molecule has 6 rings (SSSR count). The van der Waals surface area contributed by atoms with E-state index in [1.165, 1.54) is 24.1 Å². The molecule has 4 aromatic rings. The molecule has 8 heteroatoms. The Balaban J connectivity index is 1.37. The zero-order valence-electron chi connectivity index (χ0n) is 18.8. The van der Waals surface area contributed by atoms with Crippen LogP contribution in [-0.4, -0.2) is 62.9 Å². The zero-order chi connectivity index (χ0) is 22.5. The Bertz CT molecular complexity index is 1300. The first-order valence-electron chi connectivity index (χ1n) is 11.3. The molecule has 1 atom stereocenters. The summed E-state index contributed by atoms with van der Waals surface area (Å²) >= 11 is 0. The molecule has 1 fully saturated rings. The maximum atomic E-state index is 13.4. The van der Waals surface area contributed by atoms with Gasteiger partial charge in [-0.05, 0) is 56.3 Å². The van der Waals surface area contributed by atoms with Crippen LogP contribution in [0.3, 0.4) is 0 Å². The van der Waals surface area contributed by atoms with Crippen LogP contribution < -0.4 is 4.90 Å². The standard InChI is InChI=1S/C25H26FN7/c1-30(2)12-17-7-8-31(13-17)24-10-20-15-32-14-19(18-3-5-21(26)6-4-18)9-22(32)25-29-28-16-33(25)23(20)11-27-24/h3-6,9-11,14,16-17H,7-8,12-13,15H2,1-2H3. The molecule has 7 nitrogen and oxygen atoms in total. The van der Waals surface area contributed by atoms with Crippen LogP contribution in [0.1, 0.15) is 12.0 Å². The van der Waals surface area contributed by atoms with E-state index in [-0.39, 0.29) is 5.82 Å². The summed E-state index contributed by atoms with van der Waals surface area (Å²) in [5.41, 5.74) is 5.18. The first-order chi connectivity index (χ1) is 16.0. The molecular formula is C25H26FN7. The van der Waals surface area contributed by atoms with E-state index in [1.807, 2.05) is 22.9 Å². The minimum atomic E-state index is -0.233. The number of nitrogens with zero attached hydrogens (tertiary/aromatic N) is 7. The molecule has 1 aromatic carbocycles. The smallest absolute Gasteiger partial charge is 0.185 e. The topological polar surface area (TPSA) is 55.0 Å². The van der Waals surface area contributed by atoms with Crippen LogP contribution in [-0.2, 0) is 6.54 Å². The van der Waals surface area contributed by atoms with E-state index >= 15 is 0 Å². The monoisotopic (exact) mass is 443 g/mol. The summed E-state index contributed by atoms with van der Waals surface area (Å²) in [4.78, 5) is 9.48. The predicted octanol–water partition coefficient (Wildman–Crippen LogP) is 3.69. The second-order valence-electron chi connectivity index (χ2n) is 9.31. The van der Waals surface area contributed by atoms with Gasteiger partial charge in [0.1, 0.15) is 18.0 Å². The number of anilines is 1. The number of benzene rings is 1. The van der Waals surface area contributed by atoms with Crippen molar-refractivity contribution in [2.24, 2.45) is 5.92 Å². The van der Waals surface area contributed by atoms with Crippen LogP contribution in [0, 0.1) is 11.7 Å². The highest BCUT2D eigenvalue weighted by Crippen LogP contribution is 2.34. The van der Waals surface area contributed by atoms with Gasteiger partial charge in [0.15, 0.2) is 5.82 Å². The highest BCUT2D eigenvalue weighted by atomic mass is 19.1. The van der Waals surface area contributed by atoms with Gasteiger partial charge < -0.3 is 14.4 Å². The maximum absolute atomic E-state index is 13.4. The van der Waals surface area contributed by atoms with E-state index < -0.39 is 0 Å². The van der Waals surface area contributed by atoms with Crippen molar-refractivity contribution in [3.63, 3.8) is 0 Å². The Morgan fingerprint density at radius 3 is 2.79 bits per heavy atom. The second kappa shape index (κ2) is 7.81. The van der Waals surface area contributed by atoms with Crippen molar-refractivity contribution < 1.29 is 4.39 Å². The summed E-state index contributed by atoms with van der Waals surface area (Å²) < 4.78 is 17.6. The van der Waals surface area contributed by atoms with Crippen molar-refractivity contribution in [3.8, 4) is 28.3 Å². The quantitative estimate of drug-likeness (QED) is 0.424. The van der Waals surface area contributed by atoms with Crippen LogP contribution in [0.4, 0.5) is 10.2 Å². The zero-order valence-corrected chi connectivity index (χ0v) is 18.8. The van der Waals surface area contributed by atoms with Crippen LogP contribution in [0.15, 0.2) is 55.1 Å². The van der Waals surface area contributed by atoms with Crippen LogP contribution >= 0.6 is 0 Å². The van der Waals surface area contributed by atoms with Gasteiger partial charge in [0.05, 0.1) is 17.6 Å². The van der Waals surface area contributed by atoms with Gasteiger partial charge in [0, 0.05) is 43.5 Å². The fourth-order valence-corrected chi connectivity index (χ4v) is 5.10. The van der Waals surface area contributed by atoms with Crippen molar-refractivity contribution in [1.82, 2.24) is 29.2 Å². The Morgan fingerprint density at radius 1 is 1.12 bits per heavy atom. The Kier molecular flexibility index (Phi) is 4.76. The average molecular weight is 444 g/mol. The summed E-state index contributed by atoms with van der Waals surface area (Å²) in [6.07, 6.45) is 7.00. The lowest BCUT2D eigenvalue weighted by Crippen LogP contribution is -2.26. The lowest BCUT2D eigenvalue weighted by atomic mass is 10.1. The predicted molar refractivity (Wildman–Crippen MR) is 126 cm³/mol. The third-order valence-corrected chi connectivity index (χ3v) is 6.64. The lowest BCUT2D eigenvalue weighted by Gasteiger charge is -2.20. The summed E-state index contributed by atoms with van der Waals surface area (Å²) in [6, 6.07) is 10.9. The van der Waals surface area contributed by atoms with Crippen LogP contribution in [0.2, 0.25) is 0 Å². The van der Waals surface area contributed by atoms with Gasteiger partial charge in [-0.2, -0.15) is 0 Å². The SMILES string of the molecule is CN(C)CC1CCN(c2cc3c(cn2)-n2cnnc2-c2cc(-c4ccc(F)cc4)cn2C3)C1. The van der Waals surface area contributed by atoms with Gasteiger partial charge in [-0.25, -0.2) is 9.37 Å². The van der Waals surface area contributed by atoms with Gasteiger partial charge in [-0.15, -0.1) is 10.2 Å². The van der Waals surface area contributed by atoms with E-state index in [1.54, 1.807) is 6.33 Å². The molecule has 1 unspecified atom stereocenters. The van der Waals surface area contributed by atoms with Crippen LogP contribution in [0.5, 0.6) is 0 Å². The first-order valence-corrected chi connectivity index (χ1v) is 11.3. The molecule has 2 aliphatic rings. The molecule has 33 heavy (non-hydrogen) atoms. The summed E-state index contributed by atoms with van der Waals surface area (Å²) in [6.45, 7) is 3.88. The number of pyridine rings is 1. The number of halogens is 1. The number of aromatic nitrogens is 5. The lowest BCUT2D eigenvalue weighted by molar-refractivity contribution is 0.340. The van der Waals surface area contributed by atoms with Crippen molar-refractivity contribution in [2.45, 2.75) is 13.0 Å². The summed E-state index contributed by atoms with van der Waals surface area (Å²) in [7, 11) is 4.27. The third-order valence-electron chi connectivity index (χ3n) is 6.64. The first kappa shape index (κ1) is 20.1. The number of rotatable bonds is 4. The maximum Gasteiger partial charge on any atom is 0.185 e. The number of hydrogen-bond acceptors (Lipinski definition) is 5. The molecule has 0 saturated carbocycles. The molecular weight excluding hydrogens is 417 g/mol. The van der Waals surface area contributed by atoms with Crippen LogP contribution in [0.25, 0.3) is 28.3 Å². The van der Waals surface area contributed by atoms with E-state index in [2.05, 4.69) is 57.0 Å². The molecule has 0 aliphatic carbocycles. The number of fused-ring (bicyclic) bond motifs is 5. The second-order valence-corrected chi connectivity index (χ2v) is 9.31. The molecule has 0 N–H and O–H groups in total. The Morgan fingerprint density at radius 2 is 1.97 bits per heavy atom. The fraction of sp³-hybridized carbons (Fsp3) is 0.320. The number of hydrogen-bond donors (Lipinski definition) is 0.